The molecular weight excluding hydrogens is 202 g/mol. The van der Waals surface area contributed by atoms with Gasteiger partial charge in [0.05, 0.1) is 18.4 Å². The molecule has 3 N–H and O–H groups in total. The van der Waals surface area contributed by atoms with Crippen molar-refractivity contribution in [2.75, 3.05) is 17.6 Å². The molecule has 0 radical (unpaired) electrons. The standard InChI is InChI=1S/C11H15N5/c1-9-7-11(14-8-10(9)12)13-4-6-16-5-2-3-15-16/h2-3,5,7-8H,4,6,12H2,1H3,(H,13,14). The second-order valence-corrected chi connectivity index (χ2v) is 3.62. The van der Waals surface area contributed by atoms with Crippen LogP contribution < -0.4 is 11.1 Å². The maximum absolute atomic E-state index is 5.69. The number of anilines is 2. The van der Waals surface area contributed by atoms with E-state index in [9.17, 15) is 0 Å². The lowest BCUT2D eigenvalue weighted by Crippen LogP contribution is -2.11. The Morgan fingerprint density at radius 1 is 1.50 bits per heavy atom. The zero-order chi connectivity index (χ0) is 11.4. The van der Waals surface area contributed by atoms with Crippen molar-refractivity contribution in [3.8, 4) is 0 Å². The van der Waals surface area contributed by atoms with Crippen molar-refractivity contribution in [3.63, 3.8) is 0 Å². The summed E-state index contributed by atoms with van der Waals surface area (Å²) in [4.78, 5) is 4.19. The molecule has 0 spiro atoms. The summed E-state index contributed by atoms with van der Waals surface area (Å²) in [6.07, 6.45) is 5.38. The fourth-order valence-electron chi connectivity index (χ4n) is 1.39. The maximum atomic E-state index is 5.69. The third-order valence-corrected chi connectivity index (χ3v) is 2.36. The van der Waals surface area contributed by atoms with E-state index in [-0.39, 0.29) is 0 Å². The molecular formula is C11H15N5. The molecule has 0 aliphatic heterocycles. The van der Waals surface area contributed by atoms with Crippen molar-refractivity contribution in [3.05, 3.63) is 36.3 Å². The van der Waals surface area contributed by atoms with E-state index >= 15 is 0 Å². The molecule has 2 heterocycles. The fraction of sp³-hybridized carbons (Fsp3) is 0.273. The van der Waals surface area contributed by atoms with Gasteiger partial charge in [-0.1, -0.05) is 0 Å². The summed E-state index contributed by atoms with van der Waals surface area (Å²) in [6.45, 7) is 3.58. The predicted octanol–water partition coefficient (Wildman–Crippen LogP) is 1.28. The number of hydrogen-bond donors (Lipinski definition) is 2. The molecule has 5 nitrogen and oxygen atoms in total. The molecule has 0 atom stereocenters. The lowest BCUT2D eigenvalue weighted by Gasteiger charge is -2.07. The quantitative estimate of drug-likeness (QED) is 0.809. The Bertz CT molecular complexity index is 449. The molecule has 0 unspecified atom stereocenters. The van der Waals surface area contributed by atoms with Crippen LogP contribution in [0.1, 0.15) is 5.56 Å². The number of hydrogen-bond acceptors (Lipinski definition) is 4. The van der Waals surface area contributed by atoms with E-state index in [1.807, 2.05) is 29.9 Å². The molecule has 0 aliphatic rings. The monoisotopic (exact) mass is 217 g/mol. The number of nitrogen functional groups attached to an aromatic ring is 1. The number of pyridine rings is 1. The number of nitrogens with one attached hydrogen (secondary N) is 1. The average Bonchev–Trinajstić information content (AvgIpc) is 2.76. The lowest BCUT2D eigenvalue weighted by atomic mass is 10.2. The van der Waals surface area contributed by atoms with E-state index in [2.05, 4.69) is 15.4 Å². The van der Waals surface area contributed by atoms with E-state index in [1.54, 1.807) is 12.4 Å². The number of aromatic nitrogens is 3. The van der Waals surface area contributed by atoms with Gasteiger partial charge in [-0.15, -0.1) is 0 Å². The number of rotatable bonds is 4. The van der Waals surface area contributed by atoms with Crippen LogP contribution in [-0.4, -0.2) is 21.3 Å². The van der Waals surface area contributed by atoms with Gasteiger partial charge < -0.3 is 11.1 Å². The van der Waals surface area contributed by atoms with Crippen molar-refractivity contribution in [2.45, 2.75) is 13.5 Å². The molecule has 84 valence electrons. The molecule has 0 aromatic carbocycles. The third-order valence-electron chi connectivity index (χ3n) is 2.36. The van der Waals surface area contributed by atoms with Crippen molar-refractivity contribution in [1.29, 1.82) is 0 Å². The Morgan fingerprint density at radius 2 is 2.38 bits per heavy atom. The van der Waals surface area contributed by atoms with Gasteiger partial charge in [0.25, 0.3) is 0 Å². The van der Waals surface area contributed by atoms with Gasteiger partial charge in [0.1, 0.15) is 5.82 Å². The summed E-state index contributed by atoms with van der Waals surface area (Å²) in [5.41, 5.74) is 7.45. The molecule has 2 rings (SSSR count). The first-order chi connectivity index (χ1) is 7.75. The van der Waals surface area contributed by atoms with Crippen molar-refractivity contribution < 1.29 is 0 Å². The summed E-state index contributed by atoms with van der Waals surface area (Å²) in [7, 11) is 0. The highest BCUT2D eigenvalue weighted by atomic mass is 15.3. The lowest BCUT2D eigenvalue weighted by molar-refractivity contribution is 0.637. The number of aryl methyl sites for hydroxylation is 1. The number of nitrogens with two attached hydrogens (primary N) is 1. The van der Waals surface area contributed by atoms with Crippen molar-refractivity contribution >= 4 is 11.5 Å². The van der Waals surface area contributed by atoms with Crippen LogP contribution in [0.3, 0.4) is 0 Å². The molecule has 16 heavy (non-hydrogen) atoms. The van der Waals surface area contributed by atoms with Gasteiger partial charge in [-0.3, -0.25) is 4.68 Å². The van der Waals surface area contributed by atoms with Crippen LogP contribution in [0.5, 0.6) is 0 Å². The van der Waals surface area contributed by atoms with Crippen LogP contribution in [0.2, 0.25) is 0 Å². The summed E-state index contributed by atoms with van der Waals surface area (Å²) in [6, 6.07) is 3.85. The molecule has 0 aliphatic carbocycles. The zero-order valence-corrected chi connectivity index (χ0v) is 9.22. The minimum atomic E-state index is 0.720. The number of nitrogens with zero attached hydrogens (tertiary/aromatic N) is 3. The van der Waals surface area contributed by atoms with Gasteiger partial charge in [0, 0.05) is 18.9 Å². The van der Waals surface area contributed by atoms with Crippen LogP contribution >= 0.6 is 0 Å². The van der Waals surface area contributed by atoms with Crippen molar-refractivity contribution in [1.82, 2.24) is 14.8 Å². The van der Waals surface area contributed by atoms with Gasteiger partial charge in [-0.2, -0.15) is 5.10 Å². The van der Waals surface area contributed by atoms with E-state index < -0.39 is 0 Å². The molecule has 2 aromatic heterocycles. The predicted molar refractivity (Wildman–Crippen MR) is 64.1 cm³/mol. The van der Waals surface area contributed by atoms with Crippen LogP contribution in [0, 0.1) is 6.92 Å². The highest BCUT2D eigenvalue weighted by molar-refractivity contribution is 5.50. The van der Waals surface area contributed by atoms with Gasteiger partial charge in [0.2, 0.25) is 0 Å². The highest BCUT2D eigenvalue weighted by Gasteiger charge is 1.97. The van der Waals surface area contributed by atoms with Gasteiger partial charge in [-0.05, 0) is 24.6 Å². The summed E-state index contributed by atoms with van der Waals surface area (Å²) < 4.78 is 1.87. The van der Waals surface area contributed by atoms with Crippen molar-refractivity contribution in [2.24, 2.45) is 0 Å². The molecule has 5 heteroatoms. The molecule has 0 fully saturated rings. The van der Waals surface area contributed by atoms with Gasteiger partial charge >= 0.3 is 0 Å². The van der Waals surface area contributed by atoms with Crippen LogP contribution in [-0.2, 0) is 6.54 Å². The molecule has 0 amide bonds. The normalized spacial score (nSPS) is 10.3. The van der Waals surface area contributed by atoms with E-state index in [0.717, 1.165) is 30.2 Å². The van der Waals surface area contributed by atoms with Crippen LogP contribution in [0.15, 0.2) is 30.7 Å². The summed E-state index contributed by atoms with van der Waals surface area (Å²) in [5, 5.41) is 7.34. The van der Waals surface area contributed by atoms with Crippen LogP contribution in [0.25, 0.3) is 0 Å². The van der Waals surface area contributed by atoms with Gasteiger partial charge in [-0.25, -0.2) is 4.98 Å². The third kappa shape index (κ3) is 2.50. The fourth-order valence-corrected chi connectivity index (χ4v) is 1.39. The first-order valence-corrected chi connectivity index (χ1v) is 5.19. The SMILES string of the molecule is Cc1cc(NCCn2cccn2)ncc1N. The van der Waals surface area contributed by atoms with E-state index in [4.69, 9.17) is 5.73 Å². The minimum absolute atomic E-state index is 0.720. The zero-order valence-electron chi connectivity index (χ0n) is 9.22. The van der Waals surface area contributed by atoms with E-state index in [1.165, 1.54) is 0 Å². The molecule has 0 saturated heterocycles. The Hall–Kier alpha value is -2.04. The Kier molecular flexibility index (Phi) is 3.05. The smallest absolute Gasteiger partial charge is 0.126 e. The van der Waals surface area contributed by atoms with Gasteiger partial charge in [0.15, 0.2) is 0 Å². The molecule has 0 saturated carbocycles. The Balaban J connectivity index is 1.87. The Morgan fingerprint density at radius 3 is 3.06 bits per heavy atom. The largest absolute Gasteiger partial charge is 0.397 e. The topological polar surface area (TPSA) is 68.8 Å². The minimum Gasteiger partial charge on any atom is -0.397 e. The maximum Gasteiger partial charge on any atom is 0.126 e. The highest BCUT2D eigenvalue weighted by Crippen LogP contribution is 2.12. The summed E-state index contributed by atoms with van der Waals surface area (Å²) in [5.74, 6) is 0.846. The van der Waals surface area contributed by atoms with Crippen LogP contribution in [0.4, 0.5) is 11.5 Å². The van der Waals surface area contributed by atoms with E-state index in [0.29, 0.717) is 0 Å². The second-order valence-electron chi connectivity index (χ2n) is 3.62. The summed E-state index contributed by atoms with van der Waals surface area (Å²) >= 11 is 0. The molecule has 0 bridgehead atoms. The molecule has 2 aromatic rings. The average molecular weight is 217 g/mol. The second kappa shape index (κ2) is 4.65. The Labute approximate surface area is 94.3 Å². The first-order valence-electron chi connectivity index (χ1n) is 5.19. The first kappa shape index (κ1) is 10.5.